The number of amides is 1. The molecule has 0 unspecified atom stereocenters. The van der Waals surface area contributed by atoms with Crippen LogP contribution in [0.4, 0.5) is 16.2 Å². The summed E-state index contributed by atoms with van der Waals surface area (Å²) in [6, 6.07) is 23.4. The summed E-state index contributed by atoms with van der Waals surface area (Å²) >= 11 is 1.28. The van der Waals surface area contributed by atoms with E-state index in [9.17, 15) is 18.5 Å². The van der Waals surface area contributed by atoms with Gasteiger partial charge in [-0.15, -0.1) is 0 Å². The number of anilines is 2. The summed E-state index contributed by atoms with van der Waals surface area (Å²) in [6.07, 6.45) is 3.68. The molecule has 3 aromatic carbocycles. The Morgan fingerprint density at radius 3 is 2.51 bits per heavy atom. The molecule has 0 saturated heterocycles. The fraction of sp³-hybridized carbons (Fsp3) is 0.312. The number of sulfonamides is 1. The van der Waals surface area contributed by atoms with Crippen LogP contribution in [-0.4, -0.2) is 61.4 Å². The van der Waals surface area contributed by atoms with Crippen molar-refractivity contribution in [3.05, 3.63) is 94.5 Å². The quantitative estimate of drug-likeness (QED) is 0.271. The monoisotopic (exact) mass is 614 g/mol. The first kappa shape index (κ1) is 30.3. The maximum Gasteiger partial charge on any atom is 0.302 e. The van der Waals surface area contributed by atoms with Crippen molar-refractivity contribution in [2.75, 3.05) is 36.0 Å². The molecule has 0 atom stereocenters. The first-order chi connectivity index (χ1) is 20.4. The normalized spacial score (nSPS) is 16.8. The van der Waals surface area contributed by atoms with Crippen LogP contribution in [0.2, 0.25) is 0 Å². The van der Waals surface area contributed by atoms with Crippen molar-refractivity contribution in [1.29, 1.82) is 5.26 Å². The average molecular weight is 615 g/mol. The Hall–Kier alpha value is -4.14. The van der Waals surface area contributed by atoms with Crippen LogP contribution in [0.3, 0.4) is 0 Å². The van der Waals surface area contributed by atoms with Crippen molar-refractivity contribution in [1.82, 2.24) is 5.01 Å². The van der Waals surface area contributed by atoms with E-state index in [0.29, 0.717) is 24.2 Å². The van der Waals surface area contributed by atoms with Crippen molar-refractivity contribution < 1.29 is 13.2 Å². The van der Waals surface area contributed by atoms with Crippen molar-refractivity contribution in [2.24, 2.45) is 10.1 Å². The van der Waals surface area contributed by atoms with Crippen LogP contribution in [0.5, 0.6) is 0 Å². The largest absolute Gasteiger partial charge is 0.326 e. The van der Waals surface area contributed by atoms with Gasteiger partial charge in [0.05, 0.1) is 28.3 Å². The number of rotatable bonds is 7. The van der Waals surface area contributed by atoms with E-state index >= 15 is 0 Å². The Morgan fingerprint density at radius 1 is 1.12 bits per heavy atom. The lowest BCUT2D eigenvalue weighted by Crippen LogP contribution is -2.40. The Kier molecular flexibility index (Phi) is 8.62. The molecule has 1 amide bonds. The van der Waals surface area contributed by atoms with Crippen LogP contribution in [-0.2, 0) is 22.9 Å². The summed E-state index contributed by atoms with van der Waals surface area (Å²) in [6.45, 7) is 5.38. The first-order valence-corrected chi connectivity index (χ1v) is 16.7. The zero-order valence-electron chi connectivity index (χ0n) is 24.7. The second-order valence-electron chi connectivity index (χ2n) is 11.2. The molecular weight excluding hydrogens is 581 g/mol. The van der Waals surface area contributed by atoms with E-state index in [2.05, 4.69) is 39.0 Å². The molecule has 9 nitrogen and oxygen atoms in total. The molecule has 43 heavy (non-hydrogen) atoms. The molecule has 2 aliphatic rings. The molecule has 2 aliphatic heterocycles. The summed E-state index contributed by atoms with van der Waals surface area (Å²) in [5.74, 6) is 0.838. The molecule has 0 radical (unpaired) electrons. The minimum absolute atomic E-state index is 0.0670. The molecule has 0 spiro atoms. The van der Waals surface area contributed by atoms with Gasteiger partial charge in [0.15, 0.2) is 0 Å². The first-order valence-electron chi connectivity index (χ1n) is 14.0. The van der Waals surface area contributed by atoms with E-state index in [4.69, 9.17) is 4.99 Å². The number of carbonyl (C=O) groups is 1. The Labute approximate surface area is 257 Å². The zero-order valence-corrected chi connectivity index (χ0v) is 26.3. The van der Waals surface area contributed by atoms with Crippen LogP contribution in [0.1, 0.15) is 48.1 Å². The third-order valence-electron chi connectivity index (χ3n) is 7.35. The number of aliphatic imine (C=N–C) groups is 1. The maximum absolute atomic E-state index is 12.3. The Morgan fingerprint density at radius 2 is 1.84 bits per heavy atom. The number of carbonyl (C=O) groups excluding carboxylic acids is 1. The second kappa shape index (κ2) is 12.2. The van der Waals surface area contributed by atoms with E-state index in [1.165, 1.54) is 22.3 Å². The van der Waals surface area contributed by atoms with Crippen molar-refractivity contribution >= 4 is 49.9 Å². The van der Waals surface area contributed by atoms with Gasteiger partial charge in [0, 0.05) is 37.1 Å². The topological polar surface area (TPSA) is 118 Å². The predicted octanol–water partition coefficient (Wildman–Crippen LogP) is 5.65. The summed E-state index contributed by atoms with van der Waals surface area (Å²) in [5, 5.41) is 15.3. The lowest BCUT2D eigenvalue weighted by Gasteiger charge is -2.35. The molecule has 0 fully saturated rings. The minimum Gasteiger partial charge on any atom is -0.326 e. The number of fused-ring (bicyclic) bond motifs is 1. The Balaban J connectivity index is 1.45. The number of nitrogens with zero attached hydrogens (tertiary/aromatic N) is 5. The van der Waals surface area contributed by atoms with E-state index in [1.807, 2.05) is 50.2 Å². The van der Waals surface area contributed by atoms with E-state index in [-0.39, 0.29) is 5.24 Å². The Bertz CT molecular complexity index is 1740. The van der Waals surface area contributed by atoms with Crippen LogP contribution < -0.4 is 9.62 Å². The van der Waals surface area contributed by atoms with Gasteiger partial charge >= 0.3 is 5.24 Å². The van der Waals surface area contributed by atoms with Crippen molar-refractivity contribution in [3.63, 3.8) is 0 Å². The van der Waals surface area contributed by atoms with Gasteiger partial charge in [-0.2, -0.15) is 10.4 Å². The number of benzene rings is 3. The SMILES string of the molecule is CN1N=C(c2ccc3c(c2)CCCN3/C(=N\CCc2ccc(NS(C)(=O)=O)cc2)c2ccc(C#N)cc2)C(C)(C)SC1=O. The number of hydrogen-bond donors (Lipinski definition) is 1. The fourth-order valence-electron chi connectivity index (χ4n) is 5.28. The molecule has 0 aromatic heterocycles. The van der Waals surface area contributed by atoms with Gasteiger partial charge in [-0.1, -0.05) is 30.0 Å². The summed E-state index contributed by atoms with van der Waals surface area (Å²) in [7, 11) is -1.64. The predicted molar refractivity (Wildman–Crippen MR) is 175 cm³/mol. The molecule has 11 heteroatoms. The number of aryl methyl sites for hydroxylation is 1. The molecule has 0 bridgehead atoms. The highest BCUT2D eigenvalue weighted by Gasteiger charge is 2.37. The third kappa shape index (κ3) is 7.09. The van der Waals surface area contributed by atoms with Crippen LogP contribution >= 0.6 is 11.8 Å². The number of hydrazone groups is 1. The lowest BCUT2D eigenvalue weighted by molar-refractivity contribution is 0.234. The lowest BCUT2D eigenvalue weighted by atomic mass is 9.93. The highest BCUT2D eigenvalue weighted by atomic mass is 32.2. The maximum atomic E-state index is 12.3. The molecule has 222 valence electrons. The summed E-state index contributed by atoms with van der Waals surface area (Å²) < 4.78 is 25.1. The smallest absolute Gasteiger partial charge is 0.302 e. The molecule has 1 N–H and O–H groups in total. The van der Waals surface area contributed by atoms with Crippen LogP contribution in [0, 0.1) is 11.3 Å². The number of thioether (sulfide) groups is 1. The number of nitriles is 1. The number of amidine groups is 1. The van der Waals surface area contributed by atoms with Crippen molar-refractivity contribution in [3.8, 4) is 6.07 Å². The highest BCUT2D eigenvalue weighted by Crippen LogP contribution is 2.37. The fourth-order valence-corrected chi connectivity index (χ4v) is 6.71. The molecule has 3 aromatic rings. The highest BCUT2D eigenvalue weighted by molar-refractivity contribution is 8.15. The van der Waals surface area contributed by atoms with Gasteiger partial charge in [0.1, 0.15) is 5.84 Å². The van der Waals surface area contributed by atoms with Gasteiger partial charge in [-0.05, 0) is 98.3 Å². The van der Waals surface area contributed by atoms with Crippen LogP contribution in [0.15, 0.2) is 76.8 Å². The van der Waals surface area contributed by atoms with E-state index in [1.54, 1.807) is 19.2 Å². The van der Waals surface area contributed by atoms with Gasteiger partial charge in [0.2, 0.25) is 10.0 Å². The molecule has 0 aliphatic carbocycles. The summed E-state index contributed by atoms with van der Waals surface area (Å²) in [5.41, 5.74) is 7.24. The average Bonchev–Trinajstić information content (AvgIpc) is 2.97. The molecule has 0 saturated carbocycles. The van der Waals surface area contributed by atoms with Gasteiger partial charge in [-0.3, -0.25) is 14.5 Å². The second-order valence-corrected chi connectivity index (χ2v) is 14.5. The standard InChI is InChI=1S/C32H34N6O3S2/c1-32(2)29(35-37(3)31(39)42-32)26-13-16-28-25(20-26)6-5-19-38(28)30(24-11-7-23(21-33)8-12-24)34-18-17-22-9-14-27(15-10-22)36-43(4,40)41/h7-16,20,36H,5-6,17-19H2,1-4H3/b34-30-. The van der Waals surface area contributed by atoms with Gasteiger partial charge in [0.25, 0.3) is 0 Å². The van der Waals surface area contributed by atoms with Crippen LogP contribution in [0.25, 0.3) is 0 Å². The van der Waals surface area contributed by atoms with Gasteiger partial charge in [-0.25, -0.2) is 13.4 Å². The van der Waals surface area contributed by atoms with Crippen molar-refractivity contribution in [2.45, 2.75) is 37.9 Å². The number of hydrogen-bond acceptors (Lipinski definition) is 7. The molecule has 5 rings (SSSR count). The zero-order chi connectivity index (χ0) is 30.8. The van der Waals surface area contributed by atoms with Gasteiger partial charge < -0.3 is 4.90 Å². The van der Waals surface area contributed by atoms with E-state index < -0.39 is 14.8 Å². The summed E-state index contributed by atoms with van der Waals surface area (Å²) in [4.78, 5) is 19.6. The van der Waals surface area contributed by atoms with E-state index in [0.717, 1.165) is 59.6 Å². The number of nitrogens with one attached hydrogen (secondary N) is 1. The minimum atomic E-state index is -3.33. The molecular formula is C32H34N6O3S2. The third-order valence-corrected chi connectivity index (χ3v) is 9.09. The molecule has 2 heterocycles.